The molecular weight excluding hydrogens is 300 g/mol. The molecule has 0 saturated heterocycles. The van der Waals surface area contributed by atoms with Crippen molar-refractivity contribution in [1.82, 2.24) is 0 Å². The number of esters is 1. The van der Waals surface area contributed by atoms with Gasteiger partial charge in [0.15, 0.2) is 5.78 Å². The predicted octanol–water partition coefficient (Wildman–Crippen LogP) is 3.92. The summed E-state index contributed by atoms with van der Waals surface area (Å²) in [6.45, 7) is 0. The second-order valence-corrected chi connectivity index (χ2v) is 6.44. The van der Waals surface area contributed by atoms with Gasteiger partial charge in [0.05, 0.1) is 11.5 Å². The Morgan fingerprint density at radius 3 is 2.04 bits per heavy atom. The predicted molar refractivity (Wildman–Crippen MR) is 90.6 cm³/mol. The highest BCUT2D eigenvalue weighted by molar-refractivity contribution is 5.99. The minimum absolute atomic E-state index is 0.0679. The number of fused-ring (bicyclic) bond motifs is 2. The van der Waals surface area contributed by atoms with E-state index in [1.807, 2.05) is 48.5 Å². The van der Waals surface area contributed by atoms with Crippen molar-refractivity contribution < 1.29 is 14.3 Å². The van der Waals surface area contributed by atoms with Gasteiger partial charge in [-0.25, -0.2) is 4.79 Å². The first kappa shape index (κ1) is 14.9. The van der Waals surface area contributed by atoms with Gasteiger partial charge in [-0.3, -0.25) is 4.79 Å². The summed E-state index contributed by atoms with van der Waals surface area (Å²) < 4.78 is 5.78. The number of rotatable bonds is 4. The largest absolute Gasteiger partial charge is 0.457 e. The molecule has 1 fully saturated rings. The van der Waals surface area contributed by atoms with Gasteiger partial charge >= 0.3 is 5.97 Å². The highest BCUT2D eigenvalue weighted by Gasteiger charge is 2.50. The molecule has 24 heavy (non-hydrogen) atoms. The Balaban J connectivity index is 1.58. The molecule has 0 aromatic heterocycles. The monoisotopic (exact) mass is 318 g/mol. The molecule has 0 heterocycles. The van der Waals surface area contributed by atoms with E-state index >= 15 is 0 Å². The molecule has 0 radical (unpaired) electrons. The van der Waals surface area contributed by atoms with Crippen LogP contribution in [0.25, 0.3) is 0 Å². The number of Topliss-reactive ketones (excluding diaryl/α,β-unsaturated/α-hetero) is 1. The number of allylic oxidation sites excluding steroid dienone is 1. The van der Waals surface area contributed by atoms with E-state index in [1.54, 1.807) is 12.1 Å². The first-order valence-electron chi connectivity index (χ1n) is 8.27. The lowest BCUT2D eigenvalue weighted by atomic mass is 9.84. The van der Waals surface area contributed by atoms with Crippen LogP contribution in [0.4, 0.5) is 0 Å². The zero-order valence-corrected chi connectivity index (χ0v) is 13.2. The van der Waals surface area contributed by atoms with Crippen LogP contribution in [0, 0.1) is 17.8 Å². The topological polar surface area (TPSA) is 43.4 Å². The van der Waals surface area contributed by atoms with E-state index in [0.717, 1.165) is 6.42 Å². The van der Waals surface area contributed by atoms with Crippen molar-refractivity contribution in [2.75, 3.05) is 0 Å². The zero-order valence-electron chi connectivity index (χ0n) is 13.2. The Hall–Kier alpha value is -2.68. The van der Waals surface area contributed by atoms with Gasteiger partial charge in [0.2, 0.25) is 0 Å². The summed E-state index contributed by atoms with van der Waals surface area (Å²) in [6, 6.07) is 18.2. The number of hydrogen-bond donors (Lipinski definition) is 0. The number of ketones is 1. The van der Waals surface area contributed by atoms with E-state index < -0.39 is 0 Å². The molecule has 4 atom stereocenters. The van der Waals surface area contributed by atoms with Gasteiger partial charge < -0.3 is 4.74 Å². The van der Waals surface area contributed by atoms with Crippen LogP contribution in [0.3, 0.4) is 0 Å². The third kappa shape index (κ3) is 2.56. The zero-order chi connectivity index (χ0) is 16.5. The molecule has 2 aliphatic rings. The highest BCUT2D eigenvalue weighted by Crippen LogP contribution is 2.46. The summed E-state index contributed by atoms with van der Waals surface area (Å²) >= 11 is 0. The molecule has 3 heteroatoms. The van der Waals surface area contributed by atoms with E-state index in [1.165, 1.54) is 0 Å². The van der Waals surface area contributed by atoms with Crippen molar-refractivity contribution in [2.24, 2.45) is 17.8 Å². The van der Waals surface area contributed by atoms with Crippen LogP contribution in [0.2, 0.25) is 0 Å². The summed E-state index contributed by atoms with van der Waals surface area (Å²) in [7, 11) is 0. The first-order chi connectivity index (χ1) is 11.7. The summed E-state index contributed by atoms with van der Waals surface area (Å²) in [4.78, 5) is 25.4. The van der Waals surface area contributed by atoms with Gasteiger partial charge in [0, 0.05) is 11.5 Å². The van der Waals surface area contributed by atoms with Crippen LogP contribution in [0.1, 0.15) is 27.1 Å². The molecule has 4 rings (SSSR count). The van der Waals surface area contributed by atoms with Crippen LogP contribution in [-0.2, 0) is 4.74 Å². The van der Waals surface area contributed by atoms with Crippen molar-refractivity contribution in [3.63, 3.8) is 0 Å². The van der Waals surface area contributed by atoms with Gasteiger partial charge in [-0.1, -0.05) is 60.7 Å². The normalized spacial score (nSPS) is 27.2. The molecule has 2 unspecified atom stereocenters. The Morgan fingerprint density at radius 2 is 1.38 bits per heavy atom. The number of carbonyl (C=O) groups is 2. The number of ether oxygens (including phenoxy) is 1. The highest BCUT2D eigenvalue weighted by atomic mass is 16.5. The maximum atomic E-state index is 12.9. The second kappa shape index (κ2) is 6.08. The molecule has 0 N–H and O–H groups in total. The van der Waals surface area contributed by atoms with Crippen LogP contribution < -0.4 is 0 Å². The lowest BCUT2D eigenvalue weighted by Gasteiger charge is -2.27. The maximum Gasteiger partial charge on any atom is 0.338 e. The molecular formula is C21H18O3. The SMILES string of the molecule is O=C(O[C@@H]1C2C=CC(C2)[C@@H]1C(=O)c1ccccc1)c1ccccc1. The minimum Gasteiger partial charge on any atom is -0.457 e. The van der Waals surface area contributed by atoms with E-state index in [0.29, 0.717) is 11.1 Å². The average molecular weight is 318 g/mol. The fourth-order valence-electron chi connectivity index (χ4n) is 3.84. The molecule has 2 aromatic carbocycles. The summed E-state index contributed by atoms with van der Waals surface area (Å²) in [5.41, 5.74) is 1.21. The summed E-state index contributed by atoms with van der Waals surface area (Å²) in [5.74, 6) is -0.266. The van der Waals surface area contributed by atoms with Gasteiger partial charge in [-0.05, 0) is 24.5 Å². The fraction of sp³-hybridized carbons (Fsp3) is 0.238. The molecule has 0 spiro atoms. The first-order valence-corrected chi connectivity index (χ1v) is 8.27. The van der Waals surface area contributed by atoms with Gasteiger partial charge in [-0.15, -0.1) is 0 Å². The van der Waals surface area contributed by atoms with E-state index in [4.69, 9.17) is 4.74 Å². The van der Waals surface area contributed by atoms with Gasteiger partial charge in [-0.2, -0.15) is 0 Å². The minimum atomic E-state index is -0.375. The van der Waals surface area contributed by atoms with E-state index in [2.05, 4.69) is 12.2 Å². The Kier molecular flexibility index (Phi) is 3.77. The third-order valence-electron chi connectivity index (χ3n) is 5.00. The van der Waals surface area contributed by atoms with Crippen molar-refractivity contribution in [1.29, 1.82) is 0 Å². The molecule has 0 aliphatic heterocycles. The van der Waals surface area contributed by atoms with Gasteiger partial charge in [0.1, 0.15) is 6.10 Å². The van der Waals surface area contributed by atoms with Crippen molar-refractivity contribution in [2.45, 2.75) is 12.5 Å². The van der Waals surface area contributed by atoms with Crippen molar-refractivity contribution >= 4 is 11.8 Å². The number of hydrogen-bond acceptors (Lipinski definition) is 3. The molecule has 2 bridgehead atoms. The molecule has 3 nitrogen and oxygen atoms in total. The van der Waals surface area contributed by atoms with Crippen LogP contribution in [0.15, 0.2) is 72.8 Å². The molecule has 1 saturated carbocycles. The van der Waals surface area contributed by atoms with E-state index in [-0.39, 0.29) is 35.6 Å². The summed E-state index contributed by atoms with van der Waals surface area (Å²) in [6.07, 6.45) is 4.70. The summed E-state index contributed by atoms with van der Waals surface area (Å²) in [5, 5.41) is 0. The standard InChI is InChI=1S/C21H18O3/c22-19(14-7-3-1-4-8-14)18-16-11-12-17(13-16)20(18)24-21(23)15-9-5-2-6-10-15/h1-12,16-18,20H,13H2/t16?,17?,18-,20-/m1/s1. The van der Waals surface area contributed by atoms with E-state index in [9.17, 15) is 9.59 Å². The Bertz CT molecular complexity index is 779. The lowest BCUT2D eigenvalue weighted by Crippen LogP contribution is -2.35. The van der Waals surface area contributed by atoms with Crippen molar-refractivity contribution in [3.05, 3.63) is 83.9 Å². The van der Waals surface area contributed by atoms with Crippen LogP contribution >= 0.6 is 0 Å². The molecule has 2 aliphatic carbocycles. The smallest absolute Gasteiger partial charge is 0.338 e. The Morgan fingerprint density at radius 1 is 0.792 bits per heavy atom. The number of benzene rings is 2. The molecule has 120 valence electrons. The van der Waals surface area contributed by atoms with Crippen LogP contribution in [0.5, 0.6) is 0 Å². The maximum absolute atomic E-state index is 12.9. The number of carbonyl (C=O) groups excluding carboxylic acids is 2. The molecule has 2 aromatic rings. The van der Waals surface area contributed by atoms with Crippen LogP contribution in [-0.4, -0.2) is 17.9 Å². The quantitative estimate of drug-likeness (QED) is 0.487. The van der Waals surface area contributed by atoms with Crippen molar-refractivity contribution in [3.8, 4) is 0 Å². The van der Waals surface area contributed by atoms with Gasteiger partial charge in [0.25, 0.3) is 0 Å². The average Bonchev–Trinajstić information content (AvgIpc) is 3.24. The fourth-order valence-corrected chi connectivity index (χ4v) is 3.84. The molecule has 0 amide bonds. The second-order valence-electron chi connectivity index (χ2n) is 6.44. The Labute approximate surface area is 141 Å². The lowest BCUT2D eigenvalue weighted by molar-refractivity contribution is 0.0114. The third-order valence-corrected chi connectivity index (χ3v) is 5.00.